The summed E-state index contributed by atoms with van der Waals surface area (Å²) < 4.78 is 11.1. The number of benzene rings is 2. The molecule has 0 aliphatic heterocycles. The maximum Gasteiger partial charge on any atom is 0.274 e. The number of hydrogen-bond donors (Lipinski definition) is 1. The molecule has 24 heavy (non-hydrogen) atoms. The molecule has 0 heterocycles. The summed E-state index contributed by atoms with van der Waals surface area (Å²) in [5, 5.41) is 13.7. The van der Waals surface area contributed by atoms with Gasteiger partial charge in [0.25, 0.3) is 11.6 Å². The molecule has 0 saturated heterocycles. The van der Waals surface area contributed by atoms with Crippen molar-refractivity contribution in [2.24, 2.45) is 0 Å². The fourth-order valence-corrected chi connectivity index (χ4v) is 2.82. The van der Waals surface area contributed by atoms with Gasteiger partial charge in [-0.2, -0.15) is 0 Å². The van der Waals surface area contributed by atoms with E-state index in [0.717, 1.165) is 0 Å². The van der Waals surface area contributed by atoms with Crippen molar-refractivity contribution in [2.45, 2.75) is 6.54 Å². The van der Waals surface area contributed by atoms with Crippen molar-refractivity contribution in [3.63, 3.8) is 0 Å². The number of rotatable bonds is 6. The van der Waals surface area contributed by atoms with Gasteiger partial charge in [0, 0.05) is 21.7 Å². The molecule has 1 N–H and O–H groups in total. The normalized spacial score (nSPS) is 10.1. The molecule has 8 heteroatoms. The van der Waals surface area contributed by atoms with Gasteiger partial charge in [0.05, 0.1) is 24.7 Å². The summed E-state index contributed by atoms with van der Waals surface area (Å²) in [6, 6.07) is 9.56. The molecule has 0 radical (unpaired) electrons. The van der Waals surface area contributed by atoms with Crippen LogP contribution in [0.4, 0.5) is 5.69 Å². The second-order valence-electron chi connectivity index (χ2n) is 4.76. The van der Waals surface area contributed by atoms with E-state index in [9.17, 15) is 14.9 Å². The quantitative estimate of drug-likeness (QED) is 0.422. The molecule has 2 aromatic carbocycles. The lowest BCUT2D eigenvalue weighted by Crippen LogP contribution is -2.24. The van der Waals surface area contributed by atoms with Gasteiger partial charge < -0.3 is 14.8 Å². The molecule has 0 aromatic heterocycles. The van der Waals surface area contributed by atoms with Crippen LogP contribution in [0.3, 0.4) is 0 Å². The van der Waals surface area contributed by atoms with Crippen LogP contribution in [0.1, 0.15) is 15.9 Å². The molecule has 0 spiro atoms. The standard InChI is InChI=1S/C16H15IN2O5/c1-23-14-7-11(12(17)8-15(14)24-2)16(20)18-9-10-5-3-4-6-13(10)19(21)22/h3-8H,9H2,1-2H3,(H,18,20). The number of para-hydroxylation sites is 1. The second kappa shape index (κ2) is 7.95. The van der Waals surface area contributed by atoms with E-state index in [0.29, 0.717) is 26.2 Å². The maximum absolute atomic E-state index is 12.4. The number of carbonyl (C=O) groups excluding carboxylic acids is 1. The minimum Gasteiger partial charge on any atom is -0.493 e. The maximum atomic E-state index is 12.4. The zero-order valence-electron chi connectivity index (χ0n) is 13.0. The largest absolute Gasteiger partial charge is 0.493 e. The summed E-state index contributed by atoms with van der Waals surface area (Å²) in [5.41, 5.74) is 0.818. The van der Waals surface area contributed by atoms with E-state index in [2.05, 4.69) is 5.32 Å². The molecule has 0 atom stereocenters. The third-order valence-corrected chi connectivity index (χ3v) is 4.24. The van der Waals surface area contributed by atoms with Crippen LogP contribution < -0.4 is 14.8 Å². The van der Waals surface area contributed by atoms with Crippen LogP contribution >= 0.6 is 22.6 Å². The molecule has 126 valence electrons. The lowest BCUT2D eigenvalue weighted by atomic mass is 10.1. The molecule has 0 unspecified atom stereocenters. The van der Waals surface area contributed by atoms with E-state index in [1.165, 1.54) is 20.3 Å². The van der Waals surface area contributed by atoms with E-state index >= 15 is 0 Å². The Labute approximate surface area is 152 Å². The average Bonchev–Trinajstić information content (AvgIpc) is 2.59. The Hall–Kier alpha value is -2.36. The summed E-state index contributed by atoms with van der Waals surface area (Å²) in [4.78, 5) is 22.9. The molecular weight excluding hydrogens is 427 g/mol. The minimum absolute atomic E-state index is 0.0280. The van der Waals surface area contributed by atoms with E-state index < -0.39 is 4.92 Å². The van der Waals surface area contributed by atoms with Crippen molar-refractivity contribution < 1.29 is 19.2 Å². The Morgan fingerprint density at radius 2 is 1.83 bits per heavy atom. The van der Waals surface area contributed by atoms with Crippen molar-refractivity contribution in [2.75, 3.05) is 14.2 Å². The lowest BCUT2D eigenvalue weighted by molar-refractivity contribution is -0.385. The summed E-state index contributed by atoms with van der Waals surface area (Å²) in [6.45, 7) is 0.0560. The van der Waals surface area contributed by atoms with Crippen LogP contribution in [0.5, 0.6) is 11.5 Å². The second-order valence-corrected chi connectivity index (χ2v) is 5.92. The number of hydrogen-bond acceptors (Lipinski definition) is 5. The number of amides is 1. The first-order chi connectivity index (χ1) is 11.5. The van der Waals surface area contributed by atoms with Crippen molar-refractivity contribution in [3.05, 3.63) is 61.2 Å². The average molecular weight is 442 g/mol. The first-order valence-electron chi connectivity index (χ1n) is 6.90. The summed E-state index contributed by atoms with van der Waals surface area (Å²) in [5.74, 6) is 0.615. The summed E-state index contributed by atoms with van der Waals surface area (Å²) in [7, 11) is 3.00. The van der Waals surface area contributed by atoms with Crippen LogP contribution in [-0.4, -0.2) is 25.1 Å². The number of nitrogens with one attached hydrogen (secondary N) is 1. The number of nitro benzene ring substituents is 1. The highest BCUT2D eigenvalue weighted by atomic mass is 127. The zero-order valence-corrected chi connectivity index (χ0v) is 15.2. The first kappa shape index (κ1) is 18.0. The number of nitrogens with zero attached hydrogens (tertiary/aromatic N) is 1. The molecule has 0 bridgehead atoms. The lowest BCUT2D eigenvalue weighted by Gasteiger charge is -2.12. The van der Waals surface area contributed by atoms with Gasteiger partial charge >= 0.3 is 0 Å². The van der Waals surface area contributed by atoms with Crippen LogP contribution in [-0.2, 0) is 6.54 Å². The van der Waals surface area contributed by atoms with Crippen LogP contribution in [0.15, 0.2) is 36.4 Å². The molecule has 1 amide bonds. The highest BCUT2D eigenvalue weighted by molar-refractivity contribution is 14.1. The Morgan fingerprint density at radius 3 is 2.46 bits per heavy atom. The zero-order chi connectivity index (χ0) is 17.7. The van der Waals surface area contributed by atoms with Crippen molar-refractivity contribution in [1.29, 1.82) is 0 Å². The third-order valence-electron chi connectivity index (χ3n) is 3.35. The van der Waals surface area contributed by atoms with Gasteiger partial charge in [0.15, 0.2) is 11.5 Å². The fourth-order valence-electron chi connectivity index (χ4n) is 2.14. The predicted molar refractivity (Wildman–Crippen MR) is 96.5 cm³/mol. The van der Waals surface area contributed by atoms with Gasteiger partial charge in [-0.25, -0.2) is 0 Å². The number of nitro groups is 1. The minimum atomic E-state index is -0.471. The third kappa shape index (κ3) is 3.94. The van der Waals surface area contributed by atoms with E-state index in [1.54, 1.807) is 30.3 Å². The van der Waals surface area contributed by atoms with Crippen LogP contribution in [0, 0.1) is 13.7 Å². The van der Waals surface area contributed by atoms with Crippen LogP contribution in [0.2, 0.25) is 0 Å². The Bertz CT molecular complexity index is 779. The fraction of sp³-hybridized carbons (Fsp3) is 0.188. The Balaban J connectivity index is 2.21. The van der Waals surface area contributed by atoms with Gasteiger partial charge in [-0.15, -0.1) is 0 Å². The van der Waals surface area contributed by atoms with Crippen molar-refractivity contribution in [1.82, 2.24) is 5.32 Å². The number of halogens is 1. The Kier molecular flexibility index (Phi) is 5.96. The van der Waals surface area contributed by atoms with Gasteiger partial charge in [-0.3, -0.25) is 14.9 Å². The molecule has 0 fully saturated rings. The predicted octanol–water partition coefficient (Wildman–Crippen LogP) is 3.15. The SMILES string of the molecule is COc1cc(I)c(C(=O)NCc2ccccc2[N+](=O)[O-])cc1OC. The van der Waals surface area contributed by atoms with Crippen molar-refractivity contribution in [3.8, 4) is 11.5 Å². The molecule has 0 saturated carbocycles. The number of ether oxygens (including phenoxy) is 2. The van der Waals surface area contributed by atoms with Crippen molar-refractivity contribution >= 4 is 34.2 Å². The molecule has 7 nitrogen and oxygen atoms in total. The van der Waals surface area contributed by atoms with Gasteiger partial charge in [0.1, 0.15) is 0 Å². The van der Waals surface area contributed by atoms with E-state index in [-0.39, 0.29) is 18.1 Å². The van der Waals surface area contributed by atoms with Gasteiger partial charge in [-0.05, 0) is 34.7 Å². The molecule has 2 aromatic rings. The number of carbonyl (C=O) groups is 1. The highest BCUT2D eigenvalue weighted by Crippen LogP contribution is 2.31. The molecule has 0 aliphatic rings. The highest BCUT2D eigenvalue weighted by Gasteiger charge is 2.17. The summed E-state index contributed by atoms with van der Waals surface area (Å²) in [6.07, 6.45) is 0. The smallest absolute Gasteiger partial charge is 0.274 e. The van der Waals surface area contributed by atoms with Gasteiger partial charge in [-0.1, -0.05) is 18.2 Å². The van der Waals surface area contributed by atoms with E-state index in [1.807, 2.05) is 22.6 Å². The monoisotopic (exact) mass is 442 g/mol. The topological polar surface area (TPSA) is 90.7 Å². The molecular formula is C16H15IN2O5. The first-order valence-corrected chi connectivity index (χ1v) is 7.97. The van der Waals surface area contributed by atoms with Gasteiger partial charge in [0.2, 0.25) is 0 Å². The summed E-state index contributed by atoms with van der Waals surface area (Å²) >= 11 is 2.02. The van der Waals surface area contributed by atoms with Crippen LogP contribution in [0.25, 0.3) is 0 Å². The Morgan fingerprint density at radius 1 is 1.21 bits per heavy atom. The number of methoxy groups -OCH3 is 2. The van der Waals surface area contributed by atoms with E-state index in [4.69, 9.17) is 9.47 Å². The molecule has 0 aliphatic carbocycles. The molecule has 2 rings (SSSR count).